The van der Waals surface area contributed by atoms with Gasteiger partial charge < -0.3 is 9.32 Å². The highest BCUT2D eigenvalue weighted by atomic mass is 16.3. The van der Waals surface area contributed by atoms with E-state index in [2.05, 4.69) is 0 Å². The van der Waals surface area contributed by atoms with Crippen molar-refractivity contribution in [2.24, 2.45) is 0 Å². The van der Waals surface area contributed by atoms with Crippen molar-refractivity contribution in [1.82, 2.24) is 9.80 Å². The Morgan fingerprint density at radius 2 is 1.62 bits per heavy atom. The van der Waals surface area contributed by atoms with Gasteiger partial charge in [-0.3, -0.25) is 14.5 Å². The molecule has 2 amide bonds. The average molecular weight is 386 g/mol. The maximum atomic E-state index is 13.3. The number of likely N-dealkylation sites (N-methyl/N-ethyl adjacent to an activating group) is 1. The van der Waals surface area contributed by atoms with Gasteiger partial charge in [0.05, 0.1) is 18.4 Å². The fourth-order valence-electron chi connectivity index (χ4n) is 3.54. The minimum Gasteiger partial charge on any atom is -0.467 e. The second-order valence-electron chi connectivity index (χ2n) is 7.21. The molecule has 0 saturated carbocycles. The van der Waals surface area contributed by atoms with Crippen LogP contribution in [0.1, 0.15) is 22.5 Å². The Balaban J connectivity index is 1.73. The van der Waals surface area contributed by atoms with Crippen LogP contribution in [0, 0.1) is 6.92 Å². The van der Waals surface area contributed by atoms with Gasteiger partial charge in [-0.2, -0.15) is 0 Å². The SMILES string of the molecule is Cc1ccc(C2=C(N(C)Cc3ccccc3)C(=O)N(Cc3ccco3)C2=O)cc1. The van der Waals surface area contributed by atoms with Crippen LogP contribution in [0.25, 0.3) is 5.57 Å². The fraction of sp³-hybridized carbons (Fsp3) is 0.167. The number of furan rings is 1. The largest absolute Gasteiger partial charge is 0.467 e. The molecule has 3 aromatic rings. The summed E-state index contributed by atoms with van der Waals surface area (Å²) in [6, 6.07) is 21.1. The summed E-state index contributed by atoms with van der Waals surface area (Å²) in [7, 11) is 1.85. The molecule has 2 aromatic carbocycles. The number of nitrogens with zero attached hydrogens (tertiary/aromatic N) is 2. The number of rotatable bonds is 6. The Bertz CT molecular complexity index is 1050. The molecule has 1 aromatic heterocycles. The number of imide groups is 1. The van der Waals surface area contributed by atoms with E-state index in [1.807, 2.05) is 73.5 Å². The Labute approximate surface area is 169 Å². The van der Waals surface area contributed by atoms with Gasteiger partial charge in [0.2, 0.25) is 0 Å². The normalized spacial score (nSPS) is 14.1. The van der Waals surface area contributed by atoms with Crippen molar-refractivity contribution in [2.45, 2.75) is 20.0 Å². The highest BCUT2D eigenvalue weighted by Crippen LogP contribution is 2.33. The predicted octanol–water partition coefficient (Wildman–Crippen LogP) is 4.00. The molecule has 29 heavy (non-hydrogen) atoms. The zero-order valence-corrected chi connectivity index (χ0v) is 16.5. The number of amides is 2. The number of aryl methyl sites for hydroxylation is 1. The summed E-state index contributed by atoms with van der Waals surface area (Å²) in [6.07, 6.45) is 1.54. The zero-order valence-electron chi connectivity index (χ0n) is 16.5. The van der Waals surface area contributed by atoms with Crippen LogP contribution in [0.2, 0.25) is 0 Å². The summed E-state index contributed by atoms with van der Waals surface area (Å²) >= 11 is 0. The first-order valence-corrected chi connectivity index (χ1v) is 9.49. The van der Waals surface area contributed by atoms with Crippen LogP contribution in [-0.2, 0) is 22.7 Å². The lowest BCUT2D eigenvalue weighted by Crippen LogP contribution is -2.33. The molecule has 0 atom stereocenters. The van der Waals surface area contributed by atoms with Crippen molar-refractivity contribution in [3.63, 3.8) is 0 Å². The van der Waals surface area contributed by atoms with Crippen molar-refractivity contribution < 1.29 is 14.0 Å². The van der Waals surface area contributed by atoms with Gasteiger partial charge in [-0.25, -0.2) is 0 Å². The molecule has 0 spiro atoms. The fourth-order valence-corrected chi connectivity index (χ4v) is 3.54. The molecule has 5 nitrogen and oxygen atoms in total. The van der Waals surface area contributed by atoms with E-state index in [4.69, 9.17) is 4.42 Å². The van der Waals surface area contributed by atoms with Gasteiger partial charge in [0.1, 0.15) is 11.5 Å². The standard InChI is InChI=1S/C24H22N2O3/c1-17-10-12-19(13-11-17)21-22(25(2)15-18-7-4-3-5-8-18)24(28)26(23(21)27)16-20-9-6-14-29-20/h3-14H,15-16H2,1-2H3. The summed E-state index contributed by atoms with van der Waals surface area (Å²) in [6.45, 7) is 2.63. The van der Waals surface area contributed by atoms with Crippen LogP contribution in [0.3, 0.4) is 0 Å². The summed E-state index contributed by atoms with van der Waals surface area (Å²) < 4.78 is 5.36. The van der Waals surface area contributed by atoms with Gasteiger partial charge in [-0.1, -0.05) is 60.2 Å². The zero-order chi connectivity index (χ0) is 20.4. The molecular weight excluding hydrogens is 364 g/mol. The van der Waals surface area contributed by atoms with Gasteiger partial charge in [-0.15, -0.1) is 0 Å². The number of hydrogen-bond acceptors (Lipinski definition) is 4. The average Bonchev–Trinajstić information content (AvgIpc) is 3.32. The van der Waals surface area contributed by atoms with Crippen molar-refractivity contribution >= 4 is 17.4 Å². The highest BCUT2D eigenvalue weighted by Gasteiger charge is 2.41. The minimum atomic E-state index is -0.305. The Kier molecular flexibility index (Phi) is 5.04. The molecule has 0 N–H and O–H groups in total. The summed E-state index contributed by atoms with van der Waals surface area (Å²) in [4.78, 5) is 29.7. The quantitative estimate of drug-likeness (QED) is 0.601. The van der Waals surface area contributed by atoms with Crippen molar-refractivity contribution in [3.8, 4) is 0 Å². The van der Waals surface area contributed by atoms with Crippen LogP contribution in [0.15, 0.2) is 83.1 Å². The van der Waals surface area contributed by atoms with E-state index in [9.17, 15) is 9.59 Å². The molecule has 5 heteroatoms. The lowest BCUT2D eigenvalue weighted by molar-refractivity contribution is -0.138. The predicted molar refractivity (Wildman–Crippen MR) is 110 cm³/mol. The van der Waals surface area contributed by atoms with Crippen LogP contribution in [0.4, 0.5) is 0 Å². The second-order valence-corrected chi connectivity index (χ2v) is 7.21. The van der Waals surface area contributed by atoms with Crippen LogP contribution < -0.4 is 0 Å². The van der Waals surface area contributed by atoms with E-state index in [1.165, 1.54) is 11.2 Å². The second kappa shape index (κ2) is 7.80. The number of carbonyl (C=O) groups excluding carboxylic acids is 2. The van der Waals surface area contributed by atoms with E-state index in [0.717, 1.165) is 16.7 Å². The summed E-state index contributed by atoms with van der Waals surface area (Å²) in [5.41, 5.74) is 3.74. The van der Waals surface area contributed by atoms with Gasteiger partial charge in [-0.05, 0) is 30.2 Å². The lowest BCUT2D eigenvalue weighted by Gasteiger charge is -2.21. The van der Waals surface area contributed by atoms with Crippen LogP contribution in [0.5, 0.6) is 0 Å². The highest BCUT2D eigenvalue weighted by molar-refractivity contribution is 6.35. The first-order valence-electron chi connectivity index (χ1n) is 9.49. The third kappa shape index (κ3) is 3.72. The van der Waals surface area contributed by atoms with Crippen molar-refractivity contribution in [1.29, 1.82) is 0 Å². The van der Waals surface area contributed by atoms with Gasteiger partial charge in [0.15, 0.2) is 0 Å². The number of carbonyl (C=O) groups is 2. The van der Waals surface area contributed by atoms with Crippen LogP contribution >= 0.6 is 0 Å². The minimum absolute atomic E-state index is 0.114. The van der Waals surface area contributed by atoms with Crippen molar-refractivity contribution in [3.05, 3.63) is 101 Å². The van der Waals surface area contributed by atoms with Gasteiger partial charge >= 0.3 is 0 Å². The van der Waals surface area contributed by atoms with E-state index < -0.39 is 0 Å². The van der Waals surface area contributed by atoms with Crippen LogP contribution in [-0.4, -0.2) is 28.7 Å². The topological polar surface area (TPSA) is 53.8 Å². The van der Waals surface area contributed by atoms with Gasteiger partial charge in [0, 0.05) is 13.6 Å². The Morgan fingerprint density at radius 1 is 0.897 bits per heavy atom. The Morgan fingerprint density at radius 3 is 2.28 bits per heavy atom. The molecule has 2 heterocycles. The molecule has 1 aliphatic heterocycles. The van der Waals surface area contributed by atoms with Gasteiger partial charge in [0.25, 0.3) is 11.8 Å². The molecule has 146 valence electrons. The number of benzene rings is 2. The first kappa shape index (κ1) is 18.7. The monoisotopic (exact) mass is 386 g/mol. The lowest BCUT2D eigenvalue weighted by atomic mass is 10.0. The molecule has 4 rings (SSSR count). The first-order chi connectivity index (χ1) is 14.0. The smallest absolute Gasteiger partial charge is 0.278 e. The van der Waals surface area contributed by atoms with E-state index >= 15 is 0 Å². The molecule has 0 saturated heterocycles. The molecule has 0 unspecified atom stereocenters. The molecule has 0 radical (unpaired) electrons. The van der Waals surface area contributed by atoms with E-state index in [0.29, 0.717) is 23.6 Å². The number of hydrogen-bond donors (Lipinski definition) is 0. The third-order valence-corrected chi connectivity index (χ3v) is 5.02. The third-order valence-electron chi connectivity index (χ3n) is 5.02. The Hall–Kier alpha value is -3.60. The molecular formula is C24H22N2O3. The molecule has 0 fully saturated rings. The van der Waals surface area contributed by atoms with E-state index in [1.54, 1.807) is 12.1 Å². The van der Waals surface area contributed by atoms with E-state index in [-0.39, 0.29) is 18.4 Å². The molecule has 0 aliphatic carbocycles. The molecule has 1 aliphatic rings. The maximum absolute atomic E-state index is 13.3. The van der Waals surface area contributed by atoms with Crippen molar-refractivity contribution in [2.75, 3.05) is 7.05 Å². The summed E-state index contributed by atoms with van der Waals surface area (Å²) in [5, 5.41) is 0. The maximum Gasteiger partial charge on any atom is 0.278 e. The summed E-state index contributed by atoms with van der Waals surface area (Å²) in [5.74, 6) is -0.0347. The molecule has 0 bridgehead atoms.